The number of anilines is 2. The van der Waals surface area contributed by atoms with Crippen LogP contribution in [0.4, 0.5) is 20.5 Å². The number of amides is 1. The number of rotatable bonds is 6. The van der Waals surface area contributed by atoms with Crippen molar-refractivity contribution >= 4 is 17.6 Å². The summed E-state index contributed by atoms with van der Waals surface area (Å²) in [4.78, 5) is 19.3. The number of hydrogen-bond donors (Lipinski definition) is 1. The Kier molecular flexibility index (Phi) is 5.55. The van der Waals surface area contributed by atoms with Gasteiger partial charge in [-0.25, -0.2) is 8.78 Å². The summed E-state index contributed by atoms with van der Waals surface area (Å²) in [6, 6.07) is 2.60. The first-order valence-electron chi connectivity index (χ1n) is 11.6. The van der Waals surface area contributed by atoms with Crippen molar-refractivity contribution in [2.75, 3.05) is 23.3 Å². The van der Waals surface area contributed by atoms with Gasteiger partial charge in [-0.15, -0.1) is 0 Å². The van der Waals surface area contributed by atoms with Crippen molar-refractivity contribution in [3.05, 3.63) is 35.2 Å². The maximum atomic E-state index is 14.6. The molecule has 1 aromatic heterocycles. The molecule has 1 N–H and O–H groups in total. The van der Waals surface area contributed by atoms with Crippen molar-refractivity contribution < 1.29 is 22.7 Å². The number of benzene rings is 1. The zero-order valence-corrected chi connectivity index (χ0v) is 18.5. The molecular weight excluding hydrogens is 416 g/mol. The van der Waals surface area contributed by atoms with E-state index in [-0.39, 0.29) is 23.2 Å². The van der Waals surface area contributed by atoms with Crippen LogP contribution < -0.4 is 15.0 Å². The van der Waals surface area contributed by atoms with Crippen molar-refractivity contribution in [1.29, 1.82) is 0 Å². The number of ether oxygens (including phenoxy) is 1. The van der Waals surface area contributed by atoms with Crippen molar-refractivity contribution in [3.63, 3.8) is 0 Å². The minimum atomic E-state index is -0.820. The number of carbonyl (C=O) groups is 1. The van der Waals surface area contributed by atoms with Crippen LogP contribution in [-0.4, -0.2) is 30.1 Å². The Hall–Kier alpha value is -2.64. The fraction of sp³-hybridized carbons (Fsp3) is 0.583. The summed E-state index contributed by atoms with van der Waals surface area (Å²) in [5.74, 6) is -0.275. The molecule has 2 aromatic rings. The number of nitrogens with zero attached hydrogens (tertiary/aromatic N) is 2. The molecule has 1 amide bonds. The van der Waals surface area contributed by atoms with Crippen molar-refractivity contribution in [3.8, 4) is 5.75 Å². The quantitative estimate of drug-likeness (QED) is 0.664. The Morgan fingerprint density at radius 2 is 1.97 bits per heavy atom. The molecule has 2 heterocycles. The second kappa shape index (κ2) is 8.37. The number of aromatic nitrogens is 1. The lowest BCUT2D eigenvalue weighted by Gasteiger charge is -2.29. The Morgan fingerprint density at radius 1 is 1.25 bits per heavy atom. The molecule has 6 nitrogen and oxygen atoms in total. The molecule has 3 aliphatic rings. The number of fused-ring (bicyclic) bond motifs is 1. The van der Waals surface area contributed by atoms with Gasteiger partial charge in [-0.2, -0.15) is 4.98 Å². The maximum absolute atomic E-state index is 14.6. The Bertz CT molecular complexity index is 991. The second-order valence-corrected chi connectivity index (χ2v) is 9.51. The fourth-order valence-corrected chi connectivity index (χ4v) is 5.11. The van der Waals surface area contributed by atoms with Gasteiger partial charge in [0.1, 0.15) is 5.76 Å². The average molecular weight is 446 g/mol. The lowest BCUT2D eigenvalue weighted by atomic mass is 10.0. The van der Waals surface area contributed by atoms with Crippen LogP contribution in [0, 0.1) is 29.4 Å². The van der Waals surface area contributed by atoms with Gasteiger partial charge in [0.2, 0.25) is 0 Å². The predicted molar refractivity (Wildman–Crippen MR) is 116 cm³/mol. The highest BCUT2D eigenvalue weighted by molar-refractivity contribution is 6.03. The standard InChI is InChI=1S/C24H29F2N3O3/c1-3-20-21(28-24(32-20)29-6-4-5-13(2)12-29)23(30)27-16-10-18(25)22(19(26)11-16)31-17-8-14-7-15(14)9-17/h10-11,13-15,17H,3-9,12H2,1-2H3,(H,27,30). The van der Waals surface area contributed by atoms with Crippen LogP contribution in [-0.2, 0) is 6.42 Å². The molecule has 1 saturated heterocycles. The number of piperidine rings is 1. The van der Waals surface area contributed by atoms with Crippen LogP contribution in [0.25, 0.3) is 0 Å². The zero-order chi connectivity index (χ0) is 22.4. The predicted octanol–water partition coefficient (Wildman–Crippen LogP) is 5.18. The monoisotopic (exact) mass is 445 g/mol. The first kappa shape index (κ1) is 21.2. The Morgan fingerprint density at radius 3 is 2.62 bits per heavy atom. The van der Waals surface area contributed by atoms with Crippen LogP contribution in [0.15, 0.2) is 16.5 Å². The zero-order valence-electron chi connectivity index (χ0n) is 18.5. The second-order valence-electron chi connectivity index (χ2n) is 9.51. The molecule has 1 aromatic carbocycles. The third kappa shape index (κ3) is 4.19. The first-order valence-corrected chi connectivity index (χ1v) is 11.6. The lowest BCUT2D eigenvalue weighted by Crippen LogP contribution is -2.34. The topological polar surface area (TPSA) is 67.6 Å². The van der Waals surface area contributed by atoms with E-state index in [0.29, 0.717) is 35.9 Å². The van der Waals surface area contributed by atoms with Crippen molar-refractivity contribution in [2.24, 2.45) is 17.8 Å². The normalized spacial score (nSPS) is 26.7. The molecule has 172 valence electrons. The molecule has 8 heteroatoms. The van der Waals surface area contributed by atoms with Gasteiger partial charge in [-0.3, -0.25) is 4.79 Å². The smallest absolute Gasteiger partial charge is 0.298 e. The summed E-state index contributed by atoms with van der Waals surface area (Å²) < 4.78 is 40.6. The van der Waals surface area contributed by atoms with Gasteiger partial charge < -0.3 is 19.4 Å². The van der Waals surface area contributed by atoms with Gasteiger partial charge in [-0.1, -0.05) is 13.8 Å². The van der Waals surface area contributed by atoms with Crippen LogP contribution >= 0.6 is 0 Å². The van der Waals surface area contributed by atoms with E-state index in [1.165, 1.54) is 6.42 Å². The van der Waals surface area contributed by atoms with E-state index in [9.17, 15) is 13.6 Å². The summed E-state index contributed by atoms with van der Waals surface area (Å²) in [6.07, 6.45) is 5.46. The number of nitrogens with one attached hydrogen (secondary N) is 1. The molecule has 32 heavy (non-hydrogen) atoms. The highest BCUT2D eigenvalue weighted by atomic mass is 19.1. The maximum Gasteiger partial charge on any atom is 0.298 e. The third-order valence-corrected chi connectivity index (χ3v) is 6.89. The summed E-state index contributed by atoms with van der Waals surface area (Å²) in [7, 11) is 0. The number of hydrogen-bond acceptors (Lipinski definition) is 5. The molecule has 0 bridgehead atoms. The molecule has 2 aliphatic carbocycles. The first-order chi connectivity index (χ1) is 15.4. The van der Waals surface area contributed by atoms with E-state index in [1.807, 2.05) is 11.8 Å². The number of oxazole rings is 1. The van der Waals surface area contributed by atoms with Gasteiger partial charge in [0.25, 0.3) is 11.9 Å². The number of halogens is 2. The van der Waals surface area contributed by atoms with Crippen LogP contribution in [0.1, 0.15) is 62.2 Å². The third-order valence-electron chi connectivity index (χ3n) is 6.89. The average Bonchev–Trinajstić information content (AvgIpc) is 3.17. The van der Waals surface area contributed by atoms with E-state index >= 15 is 0 Å². The molecule has 2 saturated carbocycles. The highest BCUT2D eigenvalue weighted by Gasteiger charge is 2.47. The van der Waals surface area contributed by atoms with E-state index < -0.39 is 17.5 Å². The molecule has 1 aliphatic heterocycles. The van der Waals surface area contributed by atoms with Crippen molar-refractivity contribution in [2.45, 2.75) is 58.5 Å². The van der Waals surface area contributed by atoms with E-state index in [2.05, 4.69) is 17.2 Å². The summed E-state index contributed by atoms with van der Waals surface area (Å²) in [5, 5.41) is 2.56. The summed E-state index contributed by atoms with van der Waals surface area (Å²) >= 11 is 0. The molecule has 3 fully saturated rings. The molecular formula is C24H29F2N3O3. The van der Waals surface area contributed by atoms with Crippen molar-refractivity contribution in [1.82, 2.24) is 4.98 Å². The van der Waals surface area contributed by atoms with Gasteiger partial charge in [0.05, 0.1) is 6.10 Å². The summed E-state index contributed by atoms with van der Waals surface area (Å²) in [6.45, 7) is 5.70. The summed E-state index contributed by atoms with van der Waals surface area (Å²) in [5.41, 5.74) is 0.164. The van der Waals surface area contributed by atoms with Gasteiger partial charge in [0.15, 0.2) is 23.1 Å². The fourth-order valence-electron chi connectivity index (χ4n) is 5.11. The SMILES string of the molecule is CCc1oc(N2CCCC(C)C2)nc1C(=O)Nc1cc(F)c(OC2CC3CC3C2)c(F)c1. The van der Waals surface area contributed by atoms with Gasteiger partial charge >= 0.3 is 0 Å². The molecule has 3 atom stereocenters. The van der Waals surface area contributed by atoms with Gasteiger partial charge in [0, 0.05) is 37.3 Å². The lowest BCUT2D eigenvalue weighted by molar-refractivity contribution is 0.102. The van der Waals surface area contributed by atoms with Crippen LogP contribution in [0.5, 0.6) is 5.75 Å². The van der Waals surface area contributed by atoms with E-state index in [0.717, 1.165) is 50.9 Å². The molecule has 5 rings (SSSR count). The molecule has 0 spiro atoms. The minimum Gasteiger partial charge on any atom is -0.484 e. The molecule has 0 radical (unpaired) electrons. The number of aryl methyl sites for hydroxylation is 1. The minimum absolute atomic E-state index is 0.0183. The van der Waals surface area contributed by atoms with E-state index in [1.54, 1.807) is 0 Å². The highest BCUT2D eigenvalue weighted by Crippen LogP contribution is 2.52. The Labute approximate surface area is 186 Å². The van der Waals surface area contributed by atoms with E-state index in [4.69, 9.17) is 9.15 Å². The van der Waals surface area contributed by atoms with Crippen LogP contribution in [0.2, 0.25) is 0 Å². The molecule has 3 unspecified atom stereocenters. The Balaban J connectivity index is 1.30. The van der Waals surface area contributed by atoms with Crippen LogP contribution in [0.3, 0.4) is 0 Å². The van der Waals surface area contributed by atoms with Gasteiger partial charge in [-0.05, 0) is 49.9 Å². The number of carbonyl (C=O) groups excluding carboxylic acids is 1. The largest absolute Gasteiger partial charge is 0.484 e.